The maximum atomic E-state index is 12.5. The zero-order chi connectivity index (χ0) is 14.3. The van der Waals surface area contributed by atoms with Crippen molar-refractivity contribution in [3.63, 3.8) is 0 Å². The van der Waals surface area contributed by atoms with Gasteiger partial charge >= 0.3 is 0 Å². The number of unbranched alkanes of at least 4 members (excludes halogenated alkanes) is 2. The van der Waals surface area contributed by atoms with Crippen LogP contribution in [-0.4, -0.2) is 35.9 Å². The Kier molecular flexibility index (Phi) is 6.62. The molecule has 3 N–H and O–H groups in total. The predicted octanol–water partition coefficient (Wildman–Crippen LogP) is 2.81. The molecule has 0 atom stereocenters. The van der Waals surface area contributed by atoms with Crippen LogP contribution in [0.25, 0.3) is 0 Å². The van der Waals surface area contributed by atoms with Gasteiger partial charge in [0.25, 0.3) is 5.91 Å². The number of anilines is 2. The Morgan fingerprint density at radius 2 is 1.89 bits per heavy atom. The quantitative estimate of drug-likeness (QED) is 0.770. The molecule has 6 heteroatoms. The minimum Gasteiger partial charge on any atom is -0.382 e. The van der Waals surface area contributed by atoms with Gasteiger partial charge in [0.1, 0.15) is 10.7 Å². The Hall–Kier alpha value is -1.30. The largest absolute Gasteiger partial charge is 0.382 e. The molecule has 1 amide bonds. The summed E-state index contributed by atoms with van der Waals surface area (Å²) in [6.45, 7) is 5.84. The van der Waals surface area contributed by atoms with Crippen LogP contribution in [0.3, 0.4) is 0 Å². The molecule has 5 nitrogen and oxygen atoms in total. The Morgan fingerprint density at radius 1 is 1.32 bits per heavy atom. The van der Waals surface area contributed by atoms with E-state index in [-0.39, 0.29) is 5.91 Å². The van der Waals surface area contributed by atoms with Crippen molar-refractivity contribution in [1.82, 2.24) is 9.88 Å². The number of hydrogen-bond acceptors (Lipinski definition) is 5. The van der Waals surface area contributed by atoms with E-state index in [4.69, 9.17) is 5.73 Å². The molecule has 0 bridgehead atoms. The number of amides is 1. The molecule has 0 aliphatic heterocycles. The highest BCUT2D eigenvalue weighted by molar-refractivity contribution is 7.18. The molecule has 1 aromatic rings. The van der Waals surface area contributed by atoms with Crippen LogP contribution in [0, 0.1) is 0 Å². The molecule has 0 aromatic carbocycles. The van der Waals surface area contributed by atoms with Gasteiger partial charge in [-0.2, -0.15) is 0 Å². The first-order valence-corrected chi connectivity index (χ1v) is 7.69. The van der Waals surface area contributed by atoms with Crippen LogP contribution in [0.15, 0.2) is 0 Å². The van der Waals surface area contributed by atoms with Gasteiger partial charge in [0.05, 0.1) is 0 Å². The second-order valence-corrected chi connectivity index (χ2v) is 5.48. The number of nitrogens with two attached hydrogens (primary N) is 1. The third-order valence-electron chi connectivity index (χ3n) is 2.91. The van der Waals surface area contributed by atoms with Crippen LogP contribution in [0.2, 0.25) is 0 Å². The standard InChI is InChI=1S/C13H24N4OS/c1-4-6-8-17(9-7-5-2)12(18)10-11(14)16-13(15-3)19-10/h4-9,14H2,1-3H3,(H,15,16). The van der Waals surface area contributed by atoms with Crippen molar-refractivity contribution >= 4 is 28.2 Å². The van der Waals surface area contributed by atoms with E-state index in [1.807, 2.05) is 4.90 Å². The minimum absolute atomic E-state index is 0.0124. The first kappa shape index (κ1) is 15.8. The lowest BCUT2D eigenvalue weighted by atomic mass is 10.2. The fourth-order valence-electron chi connectivity index (χ4n) is 1.75. The normalized spacial score (nSPS) is 10.5. The molecular weight excluding hydrogens is 260 g/mol. The Bertz CT molecular complexity index is 397. The molecule has 0 saturated heterocycles. The lowest BCUT2D eigenvalue weighted by Gasteiger charge is -2.21. The number of nitrogens with one attached hydrogen (secondary N) is 1. The van der Waals surface area contributed by atoms with Gasteiger partial charge in [-0.05, 0) is 12.8 Å². The van der Waals surface area contributed by atoms with Gasteiger partial charge in [-0.1, -0.05) is 38.0 Å². The molecule has 1 aromatic heterocycles. The summed E-state index contributed by atoms with van der Waals surface area (Å²) in [6.07, 6.45) is 4.20. The first-order valence-electron chi connectivity index (χ1n) is 6.87. The second-order valence-electron chi connectivity index (χ2n) is 4.48. The summed E-state index contributed by atoms with van der Waals surface area (Å²) >= 11 is 1.32. The van der Waals surface area contributed by atoms with Crippen molar-refractivity contribution in [3.8, 4) is 0 Å². The smallest absolute Gasteiger partial charge is 0.267 e. The van der Waals surface area contributed by atoms with Crippen molar-refractivity contribution in [1.29, 1.82) is 0 Å². The van der Waals surface area contributed by atoms with Crippen molar-refractivity contribution < 1.29 is 4.79 Å². The van der Waals surface area contributed by atoms with Gasteiger partial charge in [-0.3, -0.25) is 4.79 Å². The predicted molar refractivity (Wildman–Crippen MR) is 81.8 cm³/mol. The molecule has 1 heterocycles. The summed E-state index contributed by atoms with van der Waals surface area (Å²) in [5.74, 6) is 0.343. The highest BCUT2D eigenvalue weighted by Crippen LogP contribution is 2.26. The molecule has 19 heavy (non-hydrogen) atoms. The van der Waals surface area contributed by atoms with Gasteiger partial charge in [0, 0.05) is 20.1 Å². The number of aromatic nitrogens is 1. The molecule has 0 aliphatic rings. The molecular formula is C13H24N4OS. The van der Waals surface area contributed by atoms with Crippen LogP contribution in [-0.2, 0) is 0 Å². The van der Waals surface area contributed by atoms with E-state index in [9.17, 15) is 4.79 Å². The number of nitrogen functional groups attached to an aromatic ring is 1. The van der Waals surface area contributed by atoms with E-state index in [1.54, 1.807) is 7.05 Å². The topological polar surface area (TPSA) is 71.2 Å². The number of hydrogen-bond donors (Lipinski definition) is 2. The fraction of sp³-hybridized carbons (Fsp3) is 0.692. The van der Waals surface area contributed by atoms with Crippen LogP contribution >= 0.6 is 11.3 Å². The summed E-state index contributed by atoms with van der Waals surface area (Å²) in [4.78, 5) is 19.1. The van der Waals surface area contributed by atoms with Gasteiger partial charge in [0.15, 0.2) is 5.13 Å². The third-order valence-corrected chi connectivity index (χ3v) is 3.99. The summed E-state index contributed by atoms with van der Waals surface area (Å²) in [7, 11) is 1.78. The second kappa shape index (κ2) is 7.99. The van der Waals surface area contributed by atoms with Crippen LogP contribution in [0.4, 0.5) is 10.9 Å². The fourth-order valence-corrected chi connectivity index (χ4v) is 2.55. The summed E-state index contributed by atoms with van der Waals surface area (Å²) in [6, 6.07) is 0. The maximum Gasteiger partial charge on any atom is 0.267 e. The average Bonchev–Trinajstić information content (AvgIpc) is 2.79. The SMILES string of the molecule is CCCCN(CCCC)C(=O)c1sc(NC)nc1N. The number of rotatable bonds is 8. The molecule has 0 unspecified atom stereocenters. The van der Waals surface area contributed by atoms with Gasteiger partial charge in [-0.15, -0.1) is 0 Å². The van der Waals surface area contributed by atoms with Crippen LogP contribution < -0.4 is 11.1 Å². The third kappa shape index (κ3) is 4.38. The lowest BCUT2D eigenvalue weighted by molar-refractivity contribution is 0.0756. The van der Waals surface area contributed by atoms with E-state index >= 15 is 0 Å². The molecule has 108 valence electrons. The summed E-state index contributed by atoms with van der Waals surface area (Å²) < 4.78 is 0. The summed E-state index contributed by atoms with van der Waals surface area (Å²) in [5, 5.41) is 3.61. The molecule has 1 rings (SSSR count). The zero-order valence-electron chi connectivity index (χ0n) is 12.0. The Labute approximate surface area is 119 Å². The van der Waals surface area contributed by atoms with E-state index in [2.05, 4.69) is 24.1 Å². The van der Waals surface area contributed by atoms with Gasteiger partial charge in [0.2, 0.25) is 0 Å². The molecule has 0 aliphatic carbocycles. The minimum atomic E-state index is 0.0124. The van der Waals surface area contributed by atoms with E-state index in [1.165, 1.54) is 11.3 Å². The highest BCUT2D eigenvalue weighted by Gasteiger charge is 2.21. The van der Waals surface area contributed by atoms with E-state index in [0.717, 1.165) is 38.8 Å². The average molecular weight is 284 g/mol. The molecule has 0 radical (unpaired) electrons. The van der Waals surface area contributed by atoms with E-state index in [0.29, 0.717) is 15.8 Å². The molecule has 0 saturated carbocycles. The molecule has 0 fully saturated rings. The highest BCUT2D eigenvalue weighted by atomic mass is 32.1. The van der Waals surface area contributed by atoms with Crippen molar-refractivity contribution in [2.45, 2.75) is 39.5 Å². The first-order chi connectivity index (χ1) is 9.13. The summed E-state index contributed by atoms with van der Waals surface area (Å²) in [5.41, 5.74) is 5.82. The maximum absolute atomic E-state index is 12.5. The number of carbonyl (C=O) groups excluding carboxylic acids is 1. The van der Waals surface area contributed by atoms with Crippen molar-refractivity contribution in [3.05, 3.63) is 4.88 Å². The lowest BCUT2D eigenvalue weighted by Crippen LogP contribution is -2.32. The monoisotopic (exact) mass is 284 g/mol. The van der Waals surface area contributed by atoms with Gasteiger partial charge in [-0.25, -0.2) is 4.98 Å². The van der Waals surface area contributed by atoms with Crippen molar-refractivity contribution in [2.24, 2.45) is 0 Å². The Balaban J connectivity index is 2.80. The zero-order valence-corrected chi connectivity index (χ0v) is 12.8. The van der Waals surface area contributed by atoms with E-state index < -0.39 is 0 Å². The van der Waals surface area contributed by atoms with Crippen molar-refractivity contribution in [2.75, 3.05) is 31.2 Å². The number of nitrogens with zero attached hydrogens (tertiary/aromatic N) is 2. The van der Waals surface area contributed by atoms with Crippen LogP contribution in [0.5, 0.6) is 0 Å². The number of carbonyl (C=O) groups is 1. The molecule has 0 spiro atoms. The number of thiazole rings is 1. The Morgan fingerprint density at radius 3 is 2.32 bits per heavy atom. The van der Waals surface area contributed by atoms with Gasteiger partial charge < -0.3 is 16.0 Å². The van der Waals surface area contributed by atoms with Crippen LogP contribution in [0.1, 0.15) is 49.2 Å².